The number of hydrogen-bond acceptors (Lipinski definition) is 3. The van der Waals surface area contributed by atoms with Crippen molar-refractivity contribution in [3.05, 3.63) is 29.3 Å². The fraction of sp³-hybridized carbons (Fsp3) is 0.562. The number of carbonyl (C=O) groups excluding carboxylic acids is 1. The van der Waals surface area contributed by atoms with E-state index in [0.717, 1.165) is 56.1 Å². The van der Waals surface area contributed by atoms with E-state index in [0.29, 0.717) is 6.54 Å². The molecule has 0 spiro atoms. The number of carbonyl (C=O) groups is 1. The summed E-state index contributed by atoms with van der Waals surface area (Å²) in [6, 6.07) is 5.90. The smallest absolute Gasteiger partial charge is 0.319 e. The Morgan fingerprint density at radius 2 is 1.86 bits per heavy atom. The molecule has 2 N–H and O–H groups in total. The fourth-order valence-electron chi connectivity index (χ4n) is 2.55. The van der Waals surface area contributed by atoms with E-state index < -0.39 is 0 Å². The van der Waals surface area contributed by atoms with Crippen molar-refractivity contribution in [1.29, 1.82) is 0 Å². The molecule has 116 valence electrons. The number of rotatable bonds is 5. The van der Waals surface area contributed by atoms with Crippen LogP contribution in [0, 0.1) is 13.8 Å². The topological polar surface area (TPSA) is 53.6 Å². The van der Waals surface area contributed by atoms with E-state index in [2.05, 4.69) is 21.6 Å². The SMILES string of the molecule is Cc1cc(C)cc(NC(=O)NCCCN2CCOCC2)c1. The van der Waals surface area contributed by atoms with Crippen molar-refractivity contribution in [2.75, 3.05) is 44.7 Å². The molecule has 1 heterocycles. The zero-order chi connectivity index (χ0) is 15.1. The van der Waals surface area contributed by atoms with Crippen molar-refractivity contribution in [2.24, 2.45) is 0 Å². The molecular weight excluding hydrogens is 266 g/mol. The second-order valence-electron chi connectivity index (χ2n) is 5.56. The van der Waals surface area contributed by atoms with Gasteiger partial charge in [-0.25, -0.2) is 4.79 Å². The van der Waals surface area contributed by atoms with Gasteiger partial charge in [-0.05, 0) is 50.1 Å². The Bertz CT molecular complexity index is 450. The molecule has 0 unspecified atom stereocenters. The zero-order valence-electron chi connectivity index (χ0n) is 12.9. The van der Waals surface area contributed by atoms with Crippen LogP contribution in [-0.4, -0.2) is 50.3 Å². The number of hydrogen-bond donors (Lipinski definition) is 2. The van der Waals surface area contributed by atoms with Gasteiger partial charge in [-0.3, -0.25) is 4.90 Å². The highest BCUT2D eigenvalue weighted by molar-refractivity contribution is 5.89. The Morgan fingerprint density at radius 1 is 1.19 bits per heavy atom. The summed E-state index contributed by atoms with van der Waals surface area (Å²) in [7, 11) is 0. The molecule has 1 fully saturated rings. The van der Waals surface area contributed by atoms with E-state index in [4.69, 9.17) is 4.74 Å². The van der Waals surface area contributed by atoms with E-state index in [1.807, 2.05) is 26.0 Å². The third kappa shape index (κ3) is 5.73. The average Bonchev–Trinajstić information content (AvgIpc) is 2.43. The lowest BCUT2D eigenvalue weighted by Crippen LogP contribution is -2.38. The number of benzene rings is 1. The number of amides is 2. The van der Waals surface area contributed by atoms with Gasteiger partial charge in [0.15, 0.2) is 0 Å². The molecule has 0 aromatic heterocycles. The maximum absolute atomic E-state index is 11.8. The zero-order valence-corrected chi connectivity index (χ0v) is 12.9. The monoisotopic (exact) mass is 291 g/mol. The lowest BCUT2D eigenvalue weighted by atomic mass is 10.1. The highest BCUT2D eigenvalue weighted by Crippen LogP contribution is 2.13. The Balaban J connectivity index is 1.65. The van der Waals surface area contributed by atoms with Crippen molar-refractivity contribution in [1.82, 2.24) is 10.2 Å². The van der Waals surface area contributed by atoms with Crippen LogP contribution in [0.1, 0.15) is 17.5 Å². The quantitative estimate of drug-likeness (QED) is 0.817. The molecule has 21 heavy (non-hydrogen) atoms. The second kappa shape index (κ2) is 8.00. The molecule has 0 aliphatic carbocycles. The summed E-state index contributed by atoms with van der Waals surface area (Å²) in [5.41, 5.74) is 3.15. The Kier molecular flexibility index (Phi) is 6.02. The number of anilines is 1. The van der Waals surface area contributed by atoms with Gasteiger partial charge < -0.3 is 15.4 Å². The van der Waals surface area contributed by atoms with Crippen LogP contribution in [0.4, 0.5) is 10.5 Å². The average molecular weight is 291 g/mol. The first kappa shape index (κ1) is 15.8. The second-order valence-corrected chi connectivity index (χ2v) is 5.56. The number of nitrogens with one attached hydrogen (secondary N) is 2. The highest BCUT2D eigenvalue weighted by atomic mass is 16.5. The van der Waals surface area contributed by atoms with Crippen LogP contribution in [-0.2, 0) is 4.74 Å². The minimum atomic E-state index is -0.137. The first-order chi connectivity index (χ1) is 10.1. The summed E-state index contributed by atoms with van der Waals surface area (Å²) in [6.07, 6.45) is 0.959. The third-order valence-electron chi connectivity index (χ3n) is 3.52. The summed E-state index contributed by atoms with van der Waals surface area (Å²) >= 11 is 0. The van der Waals surface area contributed by atoms with Crippen LogP contribution in [0.15, 0.2) is 18.2 Å². The summed E-state index contributed by atoms with van der Waals surface area (Å²) in [6.45, 7) is 9.38. The minimum Gasteiger partial charge on any atom is -0.379 e. The van der Waals surface area contributed by atoms with Gasteiger partial charge in [0.1, 0.15) is 0 Å². The van der Waals surface area contributed by atoms with Gasteiger partial charge >= 0.3 is 6.03 Å². The van der Waals surface area contributed by atoms with E-state index in [9.17, 15) is 4.79 Å². The fourth-order valence-corrected chi connectivity index (χ4v) is 2.55. The molecular formula is C16H25N3O2. The molecule has 2 amide bonds. The maximum atomic E-state index is 11.8. The van der Waals surface area contributed by atoms with E-state index in [-0.39, 0.29) is 6.03 Å². The molecule has 0 radical (unpaired) electrons. The minimum absolute atomic E-state index is 0.137. The normalized spacial score (nSPS) is 15.7. The van der Waals surface area contributed by atoms with Gasteiger partial charge in [-0.1, -0.05) is 6.07 Å². The Hall–Kier alpha value is -1.59. The van der Waals surface area contributed by atoms with Crippen LogP contribution < -0.4 is 10.6 Å². The van der Waals surface area contributed by atoms with Gasteiger partial charge in [-0.2, -0.15) is 0 Å². The van der Waals surface area contributed by atoms with Crippen molar-refractivity contribution < 1.29 is 9.53 Å². The largest absolute Gasteiger partial charge is 0.379 e. The van der Waals surface area contributed by atoms with Crippen molar-refractivity contribution in [2.45, 2.75) is 20.3 Å². The molecule has 1 aromatic carbocycles. The molecule has 1 aromatic rings. The predicted molar refractivity (Wildman–Crippen MR) is 84.8 cm³/mol. The molecule has 0 atom stereocenters. The molecule has 0 saturated carbocycles. The number of nitrogens with zero attached hydrogens (tertiary/aromatic N) is 1. The summed E-state index contributed by atoms with van der Waals surface area (Å²) in [4.78, 5) is 14.2. The third-order valence-corrected chi connectivity index (χ3v) is 3.52. The number of urea groups is 1. The molecule has 1 aliphatic heterocycles. The first-order valence-corrected chi connectivity index (χ1v) is 7.57. The first-order valence-electron chi connectivity index (χ1n) is 7.57. The number of morpholine rings is 1. The van der Waals surface area contributed by atoms with Gasteiger partial charge in [-0.15, -0.1) is 0 Å². The van der Waals surface area contributed by atoms with Crippen LogP contribution in [0.5, 0.6) is 0 Å². The van der Waals surface area contributed by atoms with Crippen molar-refractivity contribution >= 4 is 11.7 Å². The molecule has 1 aliphatic rings. The van der Waals surface area contributed by atoms with Crippen molar-refractivity contribution in [3.8, 4) is 0 Å². The van der Waals surface area contributed by atoms with E-state index in [1.54, 1.807) is 0 Å². The van der Waals surface area contributed by atoms with Gasteiger partial charge in [0.25, 0.3) is 0 Å². The van der Waals surface area contributed by atoms with Crippen LogP contribution in [0.25, 0.3) is 0 Å². The molecule has 1 saturated heterocycles. The maximum Gasteiger partial charge on any atom is 0.319 e. The van der Waals surface area contributed by atoms with Gasteiger partial charge in [0, 0.05) is 25.3 Å². The van der Waals surface area contributed by atoms with Crippen LogP contribution in [0.2, 0.25) is 0 Å². The Labute approximate surface area is 126 Å². The highest BCUT2D eigenvalue weighted by Gasteiger charge is 2.09. The Morgan fingerprint density at radius 3 is 2.52 bits per heavy atom. The number of ether oxygens (including phenoxy) is 1. The van der Waals surface area contributed by atoms with Gasteiger partial charge in [0.2, 0.25) is 0 Å². The molecule has 2 rings (SSSR count). The van der Waals surface area contributed by atoms with E-state index >= 15 is 0 Å². The predicted octanol–water partition coefficient (Wildman–Crippen LogP) is 2.15. The molecule has 0 bridgehead atoms. The summed E-state index contributed by atoms with van der Waals surface area (Å²) < 4.78 is 5.31. The standard InChI is InChI=1S/C16H25N3O2/c1-13-10-14(2)12-15(11-13)18-16(20)17-4-3-5-19-6-8-21-9-7-19/h10-12H,3-9H2,1-2H3,(H2,17,18,20). The lowest BCUT2D eigenvalue weighted by molar-refractivity contribution is 0.0375. The van der Waals surface area contributed by atoms with Crippen LogP contribution in [0.3, 0.4) is 0 Å². The van der Waals surface area contributed by atoms with Gasteiger partial charge in [0.05, 0.1) is 13.2 Å². The van der Waals surface area contributed by atoms with Crippen molar-refractivity contribution in [3.63, 3.8) is 0 Å². The van der Waals surface area contributed by atoms with Crippen LogP contribution >= 0.6 is 0 Å². The molecule has 5 nitrogen and oxygen atoms in total. The molecule has 5 heteroatoms. The summed E-state index contributed by atoms with van der Waals surface area (Å²) in [5, 5.41) is 5.78. The number of aryl methyl sites for hydroxylation is 2. The summed E-state index contributed by atoms with van der Waals surface area (Å²) in [5.74, 6) is 0. The lowest BCUT2D eigenvalue weighted by Gasteiger charge is -2.26. The van der Waals surface area contributed by atoms with E-state index in [1.165, 1.54) is 0 Å².